The molecule has 146 valence electrons. The molecule has 1 heterocycles. The summed E-state index contributed by atoms with van der Waals surface area (Å²) >= 11 is 7.22. The zero-order chi connectivity index (χ0) is 20.0. The first-order chi connectivity index (χ1) is 12.7. The smallest absolute Gasteiger partial charge is 0.220 e. The minimum Gasteiger partial charge on any atom is -0.481 e. The Bertz CT molecular complexity index is 792. The van der Waals surface area contributed by atoms with Gasteiger partial charge in [0.15, 0.2) is 5.16 Å². The Morgan fingerprint density at radius 1 is 1.19 bits per heavy atom. The van der Waals surface area contributed by atoms with Gasteiger partial charge >= 0.3 is 0 Å². The van der Waals surface area contributed by atoms with Crippen LogP contribution in [0.2, 0.25) is 5.02 Å². The van der Waals surface area contributed by atoms with Crippen molar-refractivity contribution in [3.63, 3.8) is 0 Å². The molecule has 2 aromatic rings. The lowest BCUT2D eigenvalue weighted by atomic mass is 9.92. The van der Waals surface area contributed by atoms with Crippen molar-refractivity contribution in [1.82, 2.24) is 9.97 Å². The molecule has 0 amide bonds. The van der Waals surface area contributed by atoms with Crippen molar-refractivity contribution >= 4 is 35.3 Å². The molecule has 1 unspecified atom stereocenters. The summed E-state index contributed by atoms with van der Waals surface area (Å²) in [5, 5.41) is 4.76. The molecule has 1 aromatic carbocycles. The van der Waals surface area contributed by atoms with Crippen LogP contribution in [-0.2, 0) is 0 Å². The molecule has 0 spiro atoms. The van der Waals surface area contributed by atoms with Crippen molar-refractivity contribution in [1.29, 1.82) is 0 Å². The van der Waals surface area contributed by atoms with Crippen LogP contribution in [0.1, 0.15) is 20.8 Å². The van der Waals surface area contributed by atoms with Gasteiger partial charge in [-0.15, -0.1) is 0 Å². The number of thioether (sulfide) groups is 1. The summed E-state index contributed by atoms with van der Waals surface area (Å²) in [6.45, 7) is 6.26. The van der Waals surface area contributed by atoms with Crippen LogP contribution in [-0.4, -0.2) is 35.7 Å². The molecule has 2 rings (SSSR count). The van der Waals surface area contributed by atoms with Crippen LogP contribution < -0.4 is 14.9 Å². The quantitative estimate of drug-likeness (QED) is 0.302. The fourth-order valence-electron chi connectivity index (χ4n) is 1.94. The maximum absolute atomic E-state index is 13.2. The zero-order valence-corrected chi connectivity index (χ0v) is 17.4. The minimum atomic E-state index is -0.474. The SMILES string of the molecule is COc1cc(OC)nc(SC(C=NNc2ccc(F)c(Cl)c2)C(C)(C)C)n1. The number of nitrogens with zero attached hydrogens (tertiary/aromatic N) is 3. The monoisotopic (exact) mass is 412 g/mol. The first kappa shape index (κ1) is 21.2. The van der Waals surface area contributed by atoms with Crippen molar-refractivity contribution in [2.45, 2.75) is 31.2 Å². The van der Waals surface area contributed by atoms with E-state index in [0.29, 0.717) is 22.6 Å². The summed E-state index contributed by atoms with van der Waals surface area (Å²) < 4.78 is 23.6. The maximum atomic E-state index is 13.2. The van der Waals surface area contributed by atoms with Crippen LogP contribution in [0.15, 0.2) is 34.5 Å². The number of anilines is 1. The molecular formula is C18H22ClFN4O2S. The molecule has 0 saturated carbocycles. The Hall–Kier alpha value is -2.06. The molecule has 0 aliphatic rings. The first-order valence-corrected chi connectivity index (χ1v) is 9.36. The number of nitrogens with one attached hydrogen (secondary N) is 1. The highest BCUT2D eigenvalue weighted by Crippen LogP contribution is 2.34. The van der Waals surface area contributed by atoms with Crippen LogP contribution >= 0.6 is 23.4 Å². The topological polar surface area (TPSA) is 68.6 Å². The summed E-state index contributed by atoms with van der Waals surface area (Å²) in [7, 11) is 3.08. The van der Waals surface area contributed by atoms with Crippen LogP contribution in [0.3, 0.4) is 0 Å². The van der Waals surface area contributed by atoms with Gasteiger partial charge in [-0.3, -0.25) is 5.43 Å². The van der Waals surface area contributed by atoms with Gasteiger partial charge in [-0.1, -0.05) is 44.1 Å². The number of methoxy groups -OCH3 is 2. The van der Waals surface area contributed by atoms with E-state index in [0.717, 1.165) is 0 Å². The molecule has 27 heavy (non-hydrogen) atoms. The van der Waals surface area contributed by atoms with Gasteiger partial charge in [0.2, 0.25) is 11.8 Å². The number of hydrazone groups is 1. The predicted molar refractivity (Wildman–Crippen MR) is 108 cm³/mol. The second kappa shape index (κ2) is 9.23. The normalized spacial score (nSPS) is 12.9. The van der Waals surface area contributed by atoms with E-state index >= 15 is 0 Å². The lowest BCUT2D eigenvalue weighted by molar-refractivity contribution is 0.364. The Balaban J connectivity index is 2.17. The summed E-state index contributed by atoms with van der Waals surface area (Å²) in [6.07, 6.45) is 1.76. The number of benzene rings is 1. The highest BCUT2D eigenvalue weighted by molar-refractivity contribution is 8.00. The van der Waals surface area contributed by atoms with Gasteiger partial charge in [0, 0.05) is 6.21 Å². The molecule has 1 N–H and O–H groups in total. The molecule has 0 aliphatic carbocycles. The highest BCUT2D eigenvalue weighted by atomic mass is 35.5. The Morgan fingerprint density at radius 3 is 2.33 bits per heavy atom. The van der Waals surface area contributed by atoms with E-state index < -0.39 is 5.82 Å². The third-order valence-corrected chi connectivity index (χ3v) is 5.25. The molecule has 0 bridgehead atoms. The van der Waals surface area contributed by atoms with Crippen LogP contribution in [0.5, 0.6) is 11.8 Å². The molecule has 0 aliphatic heterocycles. The van der Waals surface area contributed by atoms with Gasteiger partial charge < -0.3 is 9.47 Å². The van der Waals surface area contributed by atoms with Crippen LogP contribution in [0.25, 0.3) is 0 Å². The van der Waals surface area contributed by atoms with Crippen molar-refractivity contribution in [3.8, 4) is 11.8 Å². The third-order valence-electron chi connectivity index (χ3n) is 3.49. The standard InChI is InChI=1S/C18H22ClFN4O2S/c1-18(2,3)14(10-21-24-11-6-7-13(20)12(19)8-11)27-17-22-15(25-4)9-16(23-17)26-5/h6-10,14,24H,1-5H3. The van der Waals surface area contributed by atoms with Gasteiger partial charge in [0.1, 0.15) is 5.82 Å². The summed E-state index contributed by atoms with van der Waals surface area (Å²) in [4.78, 5) is 8.70. The van der Waals surface area contributed by atoms with Gasteiger partial charge in [-0.25, -0.2) is 4.39 Å². The van der Waals surface area contributed by atoms with Crippen molar-refractivity contribution < 1.29 is 13.9 Å². The van der Waals surface area contributed by atoms with E-state index in [9.17, 15) is 4.39 Å². The molecule has 1 atom stereocenters. The van der Waals surface area contributed by atoms with Crippen molar-refractivity contribution in [2.75, 3.05) is 19.6 Å². The number of hydrogen-bond donors (Lipinski definition) is 1. The average Bonchev–Trinajstić information content (AvgIpc) is 2.62. The van der Waals surface area contributed by atoms with Gasteiger partial charge in [-0.2, -0.15) is 15.1 Å². The van der Waals surface area contributed by atoms with E-state index in [1.165, 1.54) is 38.1 Å². The van der Waals surface area contributed by atoms with E-state index in [-0.39, 0.29) is 15.7 Å². The Morgan fingerprint density at radius 2 is 1.81 bits per heavy atom. The number of aromatic nitrogens is 2. The average molecular weight is 413 g/mol. The van der Waals surface area contributed by atoms with E-state index in [2.05, 4.69) is 41.3 Å². The van der Waals surface area contributed by atoms with Crippen molar-refractivity contribution in [3.05, 3.63) is 35.1 Å². The van der Waals surface area contributed by atoms with Crippen LogP contribution in [0.4, 0.5) is 10.1 Å². The molecular weight excluding hydrogens is 391 g/mol. The lowest BCUT2D eigenvalue weighted by Gasteiger charge is -2.26. The largest absolute Gasteiger partial charge is 0.481 e. The summed E-state index contributed by atoms with van der Waals surface area (Å²) in [5.74, 6) is 0.375. The fourth-order valence-corrected chi connectivity index (χ4v) is 3.10. The Labute approximate surface area is 167 Å². The summed E-state index contributed by atoms with van der Waals surface area (Å²) in [6, 6.07) is 5.94. The zero-order valence-electron chi connectivity index (χ0n) is 15.8. The van der Waals surface area contributed by atoms with E-state index in [4.69, 9.17) is 21.1 Å². The molecule has 0 saturated heterocycles. The fraction of sp³-hybridized carbons (Fsp3) is 0.389. The lowest BCUT2D eigenvalue weighted by Crippen LogP contribution is -2.25. The molecule has 6 nitrogen and oxygen atoms in total. The highest BCUT2D eigenvalue weighted by Gasteiger charge is 2.26. The van der Waals surface area contributed by atoms with Crippen LogP contribution in [0, 0.1) is 11.2 Å². The van der Waals surface area contributed by atoms with Gasteiger partial charge in [0.05, 0.1) is 36.2 Å². The molecule has 1 aromatic heterocycles. The van der Waals surface area contributed by atoms with Crippen molar-refractivity contribution in [2.24, 2.45) is 10.5 Å². The number of hydrogen-bond acceptors (Lipinski definition) is 7. The predicted octanol–water partition coefficient (Wildman–Crippen LogP) is 4.89. The van der Waals surface area contributed by atoms with Gasteiger partial charge in [0.25, 0.3) is 0 Å². The molecule has 9 heteroatoms. The van der Waals surface area contributed by atoms with E-state index in [1.54, 1.807) is 18.3 Å². The van der Waals surface area contributed by atoms with Gasteiger partial charge in [-0.05, 0) is 23.6 Å². The summed E-state index contributed by atoms with van der Waals surface area (Å²) in [5.41, 5.74) is 3.32. The number of rotatable bonds is 7. The second-order valence-electron chi connectivity index (χ2n) is 6.66. The number of halogens is 2. The first-order valence-electron chi connectivity index (χ1n) is 8.11. The second-order valence-corrected chi connectivity index (χ2v) is 8.17. The molecule has 0 radical (unpaired) electrons. The minimum absolute atomic E-state index is 0.0359. The van der Waals surface area contributed by atoms with E-state index in [1.807, 2.05) is 0 Å². The third kappa shape index (κ3) is 6.25. The molecule has 0 fully saturated rings. The maximum Gasteiger partial charge on any atom is 0.220 e. The Kier molecular flexibility index (Phi) is 7.26. The number of ether oxygens (including phenoxy) is 2.